The number of aromatic nitrogens is 2. The summed E-state index contributed by atoms with van der Waals surface area (Å²) >= 11 is 0. The van der Waals surface area contributed by atoms with Crippen LogP contribution in [0.2, 0.25) is 0 Å². The van der Waals surface area contributed by atoms with E-state index in [1.807, 2.05) is 24.3 Å². The van der Waals surface area contributed by atoms with Crippen molar-refractivity contribution in [3.8, 4) is 27.9 Å². The summed E-state index contributed by atoms with van der Waals surface area (Å²) in [6.45, 7) is 0.649. The van der Waals surface area contributed by atoms with Crippen molar-refractivity contribution in [1.82, 2.24) is 9.13 Å². The molecule has 0 saturated heterocycles. The van der Waals surface area contributed by atoms with Gasteiger partial charge < -0.3 is 9.13 Å². The normalized spacial score (nSPS) is 13.2. The van der Waals surface area contributed by atoms with Gasteiger partial charge in [-0.25, -0.2) is 0 Å². The van der Waals surface area contributed by atoms with Gasteiger partial charge in [0.2, 0.25) is 0 Å². The molecular formula is C43H30N2. The van der Waals surface area contributed by atoms with Crippen LogP contribution >= 0.6 is 0 Å². The minimum Gasteiger partial charge on any atom is -0.336 e. The van der Waals surface area contributed by atoms with E-state index in [1.165, 1.54) is 38.5 Å². The lowest BCUT2D eigenvalue weighted by Gasteiger charge is -2.14. The van der Waals surface area contributed by atoms with Gasteiger partial charge in [0.05, 0.1) is 29.9 Å². The Morgan fingerprint density at radius 2 is 1.13 bits per heavy atom. The molecule has 0 spiro atoms. The summed E-state index contributed by atoms with van der Waals surface area (Å²) in [5.41, 5.74) is 9.80. The molecule has 0 saturated carbocycles. The molecule has 0 fully saturated rings. The molecule has 0 N–H and O–H groups in total. The molecule has 0 radical (unpaired) electrons. The zero-order valence-corrected chi connectivity index (χ0v) is 24.4. The van der Waals surface area contributed by atoms with Crippen molar-refractivity contribution >= 4 is 43.6 Å². The van der Waals surface area contributed by atoms with Crippen molar-refractivity contribution in [1.29, 1.82) is 0 Å². The van der Waals surface area contributed by atoms with Gasteiger partial charge in [0.1, 0.15) is 0 Å². The van der Waals surface area contributed by atoms with Crippen LogP contribution in [0.15, 0.2) is 170 Å². The van der Waals surface area contributed by atoms with E-state index in [0.717, 1.165) is 27.5 Å². The number of para-hydroxylation sites is 3. The first-order valence-electron chi connectivity index (χ1n) is 17.7. The second-order valence-corrected chi connectivity index (χ2v) is 11.4. The van der Waals surface area contributed by atoms with Crippen LogP contribution in [0, 0.1) is 0 Å². The Kier molecular flexibility index (Phi) is 4.84. The van der Waals surface area contributed by atoms with Crippen LogP contribution in [0.25, 0.3) is 71.6 Å². The van der Waals surface area contributed by atoms with Gasteiger partial charge in [0.25, 0.3) is 0 Å². The summed E-state index contributed by atoms with van der Waals surface area (Å²) in [6, 6.07) is 46.9. The Morgan fingerprint density at radius 1 is 0.467 bits per heavy atom. The van der Waals surface area contributed by atoms with Crippen molar-refractivity contribution < 1.29 is 6.85 Å². The van der Waals surface area contributed by atoms with Gasteiger partial charge in [0.15, 0.2) is 0 Å². The highest BCUT2D eigenvalue weighted by molar-refractivity contribution is 6.15. The quantitative estimate of drug-likeness (QED) is 0.192. The van der Waals surface area contributed by atoms with E-state index >= 15 is 0 Å². The third-order valence-electron chi connectivity index (χ3n) is 8.90. The lowest BCUT2D eigenvalue weighted by molar-refractivity contribution is 0.871. The van der Waals surface area contributed by atoms with Crippen LogP contribution in [0.1, 0.15) is 12.4 Å². The molecule has 0 atom stereocenters. The molecule has 2 aromatic heterocycles. The van der Waals surface area contributed by atoms with Crippen LogP contribution in [0.4, 0.5) is 0 Å². The van der Waals surface area contributed by atoms with Gasteiger partial charge in [-0.3, -0.25) is 0 Å². The predicted molar refractivity (Wildman–Crippen MR) is 190 cm³/mol. The number of rotatable bonds is 5. The molecule has 45 heavy (non-hydrogen) atoms. The average molecular weight is 580 g/mol. The highest BCUT2D eigenvalue weighted by Gasteiger charge is 2.19. The Hall–Kier alpha value is -5.86. The first kappa shape index (κ1) is 20.9. The molecule has 212 valence electrons. The number of fused-ring (bicyclic) bond motifs is 6. The molecule has 9 rings (SSSR count). The highest BCUT2D eigenvalue weighted by atomic mass is 15.0. The van der Waals surface area contributed by atoms with E-state index in [0.29, 0.717) is 12.1 Å². The fourth-order valence-electron chi connectivity index (χ4n) is 6.95. The molecule has 2 nitrogen and oxygen atoms in total. The van der Waals surface area contributed by atoms with Crippen LogP contribution in [0.3, 0.4) is 0 Å². The summed E-state index contributed by atoms with van der Waals surface area (Å²) in [6.07, 6.45) is 0. The summed E-state index contributed by atoms with van der Waals surface area (Å²) < 4.78 is 46.1. The second kappa shape index (κ2) is 10.4. The lowest BCUT2D eigenvalue weighted by atomic mass is 9.99. The van der Waals surface area contributed by atoms with E-state index in [2.05, 4.69) is 124 Å². The minimum absolute atomic E-state index is 0.201. The smallest absolute Gasteiger partial charge is 0.0629 e. The fourth-order valence-corrected chi connectivity index (χ4v) is 6.95. The molecule has 9 aromatic rings. The summed E-state index contributed by atoms with van der Waals surface area (Å²) in [7, 11) is 0. The maximum atomic E-state index is 8.50. The van der Waals surface area contributed by atoms with Crippen LogP contribution in [-0.4, -0.2) is 9.13 Å². The van der Waals surface area contributed by atoms with Crippen LogP contribution in [0.5, 0.6) is 0 Å². The molecule has 2 heterocycles. The van der Waals surface area contributed by atoms with Crippen LogP contribution in [-0.2, 0) is 6.54 Å². The standard InChI is InChI=1S/C43H30N2/c1-3-13-30(14-4-1)31-25-27-34(28-26-31)45-40-23-10-7-18-36(40)37-21-11-17-33(43(37)45)29-44-39-22-9-8-19-38(39)42-35(20-12-24-41(42)44)32-15-5-2-6-16-32/h1-28H,29H2/i1D,3D,4D,13D,14D. The number of nitrogens with zero attached hydrogens (tertiary/aromatic N) is 2. The molecule has 0 bridgehead atoms. The zero-order chi connectivity index (χ0) is 34.1. The minimum atomic E-state index is -0.391. The average Bonchev–Trinajstić information content (AvgIpc) is 3.67. The van der Waals surface area contributed by atoms with E-state index in [9.17, 15) is 0 Å². The van der Waals surface area contributed by atoms with Crippen molar-refractivity contribution in [2.75, 3.05) is 0 Å². The van der Waals surface area contributed by atoms with Crippen molar-refractivity contribution in [2.45, 2.75) is 6.54 Å². The largest absolute Gasteiger partial charge is 0.336 e. The number of hydrogen-bond donors (Lipinski definition) is 0. The van der Waals surface area contributed by atoms with Gasteiger partial charge in [-0.1, -0.05) is 139 Å². The van der Waals surface area contributed by atoms with Gasteiger partial charge in [-0.2, -0.15) is 0 Å². The van der Waals surface area contributed by atoms with Crippen molar-refractivity contribution in [3.05, 3.63) is 175 Å². The van der Waals surface area contributed by atoms with Gasteiger partial charge in [-0.15, -0.1) is 0 Å². The monoisotopic (exact) mass is 579 g/mol. The first-order valence-corrected chi connectivity index (χ1v) is 15.2. The molecule has 0 aliphatic carbocycles. The highest BCUT2D eigenvalue weighted by Crippen LogP contribution is 2.39. The molecule has 0 amide bonds. The first-order chi connectivity index (χ1) is 24.4. The second-order valence-electron chi connectivity index (χ2n) is 11.4. The summed E-state index contributed by atoms with van der Waals surface area (Å²) in [5, 5.41) is 4.76. The van der Waals surface area contributed by atoms with E-state index in [-0.39, 0.29) is 29.7 Å². The predicted octanol–water partition coefficient (Wildman–Crippen LogP) is 11.3. The third-order valence-corrected chi connectivity index (χ3v) is 8.90. The molecule has 0 aliphatic rings. The Labute approximate surface area is 269 Å². The number of hydrogen-bond acceptors (Lipinski definition) is 0. The fraction of sp³-hybridized carbons (Fsp3) is 0.0233. The zero-order valence-electron chi connectivity index (χ0n) is 29.4. The lowest BCUT2D eigenvalue weighted by Crippen LogP contribution is -2.03. The molecule has 2 heteroatoms. The van der Waals surface area contributed by atoms with Crippen LogP contribution < -0.4 is 0 Å². The van der Waals surface area contributed by atoms with Gasteiger partial charge >= 0.3 is 0 Å². The van der Waals surface area contributed by atoms with E-state index < -0.39 is 6.04 Å². The maximum Gasteiger partial charge on any atom is 0.0629 e. The Balaban J connectivity index is 1.25. The van der Waals surface area contributed by atoms with Crippen molar-refractivity contribution in [2.24, 2.45) is 0 Å². The van der Waals surface area contributed by atoms with E-state index in [4.69, 9.17) is 6.85 Å². The summed E-state index contributed by atoms with van der Waals surface area (Å²) in [4.78, 5) is 0. The Morgan fingerprint density at radius 3 is 1.96 bits per heavy atom. The number of benzene rings is 7. The summed E-state index contributed by atoms with van der Waals surface area (Å²) in [5.74, 6) is 0. The van der Waals surface area contributed by atoms with Crippen molar-refractivity contribution in [3.63, 3.8) is 0 Å². The van der Waals surface area contributed by atoms with E-state index in [1.54, 1.807) is 0 Å². The SMILES string of the molecule is [2H]c1c([2H])c([2H])c(-c2ccc(-n3c4ccccc4c4cccc(Cn5c6ccccc6c6c(-c7ccccc7)cccc65)c43)cc2)c([2H])c1[2H]. The van der Waals surface area contributed by atoms with Gasteiger partial charge in [-0.05, 0) is 58.1 Å². The maximum absolute atomic E-state index is 8.50. The third kappa shape index (κ3) is 4.11. The molecule has 7 aromatic carbocycles. The van der Waals surface area contributed by atoms with Gasteiger partial charge in [0, 0.05) is 32.7 Å². The Bertz CT molecular complexity index is 2750. The molecule has 0 unspecified atom stereocenters. The molecular weight excluding hydrogens is 544 g/mol. The topological polar surface area (TPSA) is 9.86 Å². The molecule has 0 aliphatic heterocycles.